The Bertz CT molecular complexity index is 1250. The number of thiazole rings is 1. The third-order valence-electron chi connectivity index (χ3n) is 4.79. The lowest BCUT2D eigenvalue weighted by molar-refractivity contribution is 0.415. The summed E-state index contributed by atoms with van der Waals surface area (Å²) in [5.74, 6) is 0.696. The Morgan fingerprint density at radius 1 is 1.21 bits per heavy atom. The van der Waals surface area contributed by atoms with Crippen molar-refractivity contribution in [3.05, 3.63) is 51.5 Å². The van der Waals surface area contributed by atoms with Crippen molar-refractivity contribution < 1.29 is 4.74 Å². The number of ether oxygens (including phenoxy) is 1. The van der Waals surface area contributed by atoms with E-state index in [1.165, 1.54) is 15.9 Å². The van der Waals surface area contributed by atoms with Gasteiger partial charge in [-0.05, 0) is 36.6 Å². The quantitative estimate of drug-likeness (QED) is 0.450. The van der Waals surface area contributed by atoms with Crippen LogP contribution in [0.4, 0.5) is 0 Å². The predicted octanol–water partition coefficient (Wildman–Crippen LogP) is 5.21. The number of rotatable bonds is 5. The first kappa shape index (κ1) is 18.9. The Morgan fingerprint density at radius 2 is 2.04 bits per heavy atom. The van der Waals surface area contributed by atoms with Crippen molar-refractivity contribution in [2.75, 3.05) is 7.11 Å². The smallest absolute Gasteiger partial charge is 0.260 e. The highest BCUT2D eigenvalue weighted by Crippen LogP contribution is 2.38. The van der Waals surface area contributed by atoms with Crippen LogP contribution in [0.1, 0.15) is 25.3 Å². The van der Waals surface area contributed by atoms with Crippen molar-refractivity contribution >= 4 is 44.1 Å². The van der Waals surface area contributed by atoms with Crippen LogP contribution in [-0.4, -0.2) is 21.6 Å². The summed E-state index contributed by atoms with van der Waals surface area (Å²) < 4.78 is 7.77. The average molecular weight is 414 g/mol. The number of benzene rings is 2. The minimum atomic E-state index is -0.0505. The molecule has 0 aliphatic rings. The topological polar surface area (TPSA) is 57.0 Å². The van der Waals surface area contributed by atoms with Gasteiger partial charge in [0.1, 0.15) is 16.3 Å². The van der Waals surface area contributed by atoms with Gasteiger partial charge < -0.3 is 9.30 Å². The van der Waals surface area contributed by atoms with E-state index < -0.39 is 0 Å². The van der Waals surface area contributed by atoms with E-state index in [-0.39, 0.29) is 5.56 Å². The van der Waals surface area contributed by atoms with Gasteiger partial charge in [0.15, 0.2) is 0 Å². The summed E-state index contributed by atoms with van der Waals surface area (Å²) in [6, 6.07) is 7.76. The van der Waals surface area contributed by atoms with Gasteiger partial charge in [0.2, 0.25) is 0 Å². The molecule has 144 valence electrons. The summed E-state index contributed by atoms with van der Waals surface area (Å²) in [7, 11) is 3.33. The van der Waals surface area contributed by atoms with Crippen LogP contribution >= 0.6 is 22.9 Å². The summed E-state index contributed by atoms with van der Waals surface area (Å²) in [6.45, 7) is 2.16. The fraction of sp³-hybridized carbons (Fsp3) is 0.286. The molecule has 0 bridgehead atoms. The fourth-order valence-electron chi connectivity index (χ4n) is 3.27. The molecular weight excluding hydrogens is 394 g/mol. The molecule has 0 aliphatic carbocycles. The molecule has 28 heavy (non-hydrogen) atoms. The summed E-state index contributed by atoms with van der Waals surface area (Å²) in [4.78, 5) is 22.0. The predicted molar refractivity (Wildman–Crippen MR) is 116 cm³/mol. The van der Waals surface area contributed by atoms with Crippen molar-refractivity contribution in [3.8, 4) is 16.3 Å². The van der Waals surface area contributed by atoms with E-state index in [2.05, 4.69) is 18.0 Å². The molecular formula is C21H20ClN3O2S. The van der Waals surface area contributed by atoms with Crippen LogP contribution in [0.25, 0.3) is 31.7 Å². The Hall–Kier alpha value is -2.44. The number of nitrogens with zero attached hydrogens (tertiary/aromatic N) is 3. The Balaban J connectivity index is 1.99. The molecule has 0 spiro atoms. The molecule has 4 aromatic rings. The van der Waals surface area contributed by atoms with E-state index >= 15 is 0 Å². The number of fused-ring (bicyclic) bond motifs is 2. The molecule has 0 radical (unpaired) electrons. The number of aryl methyl sites for hydroxylation is 2. The fourth-order valence-corrected chi connectivity index (χ4v) is 4.62. The standard InChI is InChI=1S/C21H20ClN3O2S/c1-4-5-6-12-7-14(18-15(8-12)21(26)25(2)11-23-18)20-24-19-16(22)9-13(27-3)10-17(19)28-20/h7-11H,4-6H2,1-3H3. The first-order valence-corrected chi connectivity index (χ1v) is 10.3. The van der Waals surface area contributed by atoms with Gasteiger partial charge in [0, 0.05) is 18.7 Å². The van der Waals surface area contributed by atoms with Gasteiger partial charge in [-0.3, -0.25) is 4.79 Å². The van der Waals surface area contributed by atoms with Gasteiger partial charge in [-0.25, -0.2) is 9.97 Å². The normalized spacial score (nSPS) is 11.4. The number of halogens is 1. The highest BCUT2D eigenvalue weighted by molar-refractivity contribution is 7.21. The minimum absolute atomic E-state index is 0.0505. The molecule has 2 heterocycles. The second-order valence-corrected chi connectivity index (χ2v) is 8.22. The van der Waals surface area contributed by atoms with E-state index in [0.717, 1.165) is 45.6 Å². The molecule has 5 nitrogen and oxygen atoms in total. The molecule has 0 atom stereocenters. The second-order valence-electron chi connectivity index (χ2n) is 6.78. The molecule has 0 N–H and O–H groups in total. The summed E-state index contributed by atoms with van der Waals surface area (Å²) in [5, 5.41) is 1.97. The molecule has 0 saturated heterocycles. The molecule has 0 saturated carbocycles. The molecule has 2 aromatic heterocycles. The summed E-state index contributed by atoms with van der Waals surface area (Å²) in [6.07, 6.45) is 4.63. The first-order chi connectivity index (χ1) is 13.5. The maximum absolute atomic E-state index is 12.7. The van der Waals surface area contributed by atoms with Crippen LogP contribution in [-0.2, 0) is 13.5 Å². The number of hydrogen-bond acceptors (Lipinski definition) is 5. The SMILES string of the molecule is CCCCc1cc(-c2nc3c(Cl)cc(OC)cc3s2)c2ncn(C)c(=O)c2c1. The van der Waals surface area contributed by atoms with Crippen molar-refractivity contribution in [1.29, 1.82) is 0 Å². The van der Waals surface area contributed by atoms with E-state index in [9.17, 15) is 4.79 Å². The Morgan fingerprint density at radius 3 is 2.79 bits per heavy atom. The maximum Gasteiger partial charge on any atom is 0.260 e. The Kier molecular flexibility index (Phi) is 5.08. The van der Waals surface area contributed by atoms with Crippen LogP contribution in [0.3, 0.4) is 0 Å². The van der Waals surface area contributed by atoms with E-state index in [1.807, 2.05) is 12.1 Å². The third-order valence-corrected chi connectivity index (χ3v) is 6.11. The largest absolute Gasteiger partial charge is 0.497 e. The molecule has 7 heteroatoms. The van der Waals surface area contributed by atoms with Gasteiger partial charge in [-0.15, -0.1) is 11.3 Å². The molecule has 0 fully saturated rings. The highest BCUT2D eigenvalue weighted by atomic mass is 35.5. The van der Waals surface area contributed by atoms with Crippen LogP contribution in [0.15, 0.2) is 35.4 Å². The van der Waals surface area contributed by atoms with Crippen molar-refractivity contribution in [3.63, 3.8) is 0 Å². The van der Waals surface area contributed by atoms with E-state index in [4.69, 9.17) is 21.3 Å². The highest BCUT2D eigenvalue weighted by Gasteiger charge is 2.16. The third kappa shape index (κ3) is 3.27. The van der Waals surface area contributed by atoms with Gasteiger partial charge in [-0.2, -0.15) is 0 Å². The molecule has 4 rings (SSSR count). The second kappa shape index (κ2) is 7.53. The summed E-state index contributed by atoms with van der Waals surface area (Å²) in [5.41, 5.74) is 3.35. The van der Waals surface area contributed by atoms with E-state index in [0.29, 0.717) is 21.7 Å². The number of aromatic nitrogens is 3. The van der Waals surface area contributed by atoms with Crippen molar-refractivity contribution in [1.82, 2.24) is 14.5 Å². The molecule has 0 aliphatic heterocycles. The van der Waals surface area contributed by atoms with Crippen molar-refractivity contribution in [2.24, 2.45) is 7.05 Å². The van der Waals surface area contributed by atoms with Gasteiger partial charge in [0.25, 0.3) is 5.56 Å². The maximum atomic E-state index is 12.7. The van der Waals surface area contributed by atoms with Crippen molar-refractivity contribution in [2.45, 2.75) is 26.2 Å². The van der Waals surface area contributed by atoms with Gasteiger partial charge in [0.05, 0.1) is 34.1 Å². The van der Waals surface area contributed by atoms with Crippen LogP contribution < -0.4 is 10.3 Å². The summed E-state index contributed by atoms with van der Waals surface area (Å²) >= 11 is 7.93. The first-order valence-electron chi connectivity index (χ1n) is 9.14. The number of methoxy groups -OCH3 is 1. The molecule has 0 amide bonds. The average Bonchev–Trinajstić information content (AvgIpc) is 3.13. The van der Waals surface area contributed by atoms with Gasteiger partial charge in [-0.1, -0.05) is 24.9 Å². The van der Waals surface area contributed by atoms with Crippen LogP contribution in [0, 0.1) is 0 Å². The number of unbranched alkanes of at least 4 members (excludes halogenated alkanes) is 1. The van der Waals surface area contributed by atoms with E-state index in [1.54, 1.807) is 26.6 Å². The zero-order valence-corrected chi connectivity index (χ0v) is 17.5. The molecule has 2 aromatic carbocycles. The lowest BCUT2D eigenvalue weighted by atomic mass is 10.0. The monoisotopic (exact) mass is 413 g/mol. The zero-order chi connectivity index (χ0) is 19.8. The van der Waals surface area contributed by atoms with Gasteiger partial charge >= 0.3 is 0 Å². The molecule has 0 unspecified atom stereocenters. The van der Waals surface area contributed by atoms with Crippen LogP contribution in [0.2, 0.25) is 5.02 Å². The van der Waals surface area contributed by atoms with Crippen LogP contribution in [0.5, 0.6) is 5.75 Å². The zero-order valence-electron chi connectivity index (χ0n) is 16.0. The lowest BCUT2D eigenvalue weighted by Gasteiger charge is -2.08. The Labute approximate surface area is 171 Å². The lowest BCUT2D eigenvalue weighted by Crippen LogP contribution is -2.17. The minimum Gasteiger partial charge on any atom is -0.497 e. The number of hydrogen-bond donors (Lipinski definition) is 0.